The number of thiazole rings is 1. The third kappa shape index (κ3) is 3.19. The van der Waals surface area contributed by atoms with Crippen LogP contribution in [0.3, 0.4) is 0 Å². The van der Waals surface area contributed by atoms with Crippen LogP contribution in [0.5, 0.6) is 0 Å². The molecule has 0 radical (unpaired) electrons. The van der Waals surface area contributed by atoms with Crippen LogP contribution in [0.2, 0.25) is 0 Å². The van der Waals surface area contributed by atoms with Crippen molar-refractivity contribution < 1.29 is 14.6 Å². The summed E-state index contributed by atoms with van der Waals surface area (Å²) in [6.45, 7) is 4.10. The molecule has 122 valence electrons. The van der Waals surface area contributed by atoms with E-state index in [2.05, 4.69) is 4.98 Å². The van der Waals surface area contributed by atoms with Crippen molar-refractivity contribution in [1.82, 2.24) is 9.88 Å². The van der Waals surface area contributed by atoms with Gasteiger partial charge in [-0.3, -0.25) is 4.79 Å². The van der Waals surface area contributed by atoms with Gasteiger partial charge in [-0.05, 0) is 39.0 Å². The molecule has 0 saturated carbocycles. The number of rotatable bonds is 3. The predicted molar refractivity (Wildman–Crippen MR) is 84.9 cm³/mol. The number of hydrogen-bond donors (Lipinski definition) is 1. The maximum absolute atomic E-state index is 12.4. The van der Waals surface area contributed by atoms with Gasteiger partial charge in [0.1, 0.15) is 0 Å². The third-order valence-corrected chi connectivity index (χ3v) is 5.99. The molecule has 0 aromatic carbocycles. The summed E-state index contributed by atoms with van der Waals surface area (Å²) in [6, 6.07) is 0. The molecule has 2 saturated heterocycles. The summed E-state index contributed by atoms with van der Waals surface area (Å²) in [4.78, 5) is 19.7. The summed E-state index contributed by atoms with van der Waals surface area (Å²) in [5.74, 6) is 0.202. The minimum Gasteiger partial charge on any atom is -0.390 e. The van der Waals surface area contributed by atoms with Crippen molar-refractivity contribution in [3.63, 3.8) is 0 Å². The molecule has 3 rings (SSSR count). The second kappa shape index (κ2) is 6.64. The first kappa shape index (κ1) is 15.9. The van der Waals surface area contributed by atoms with Crippen LogP contribution < -0.4 is 0 Å². The Balaban J connectivity index is 1.50. The fourth-order valence-corrected chi connectivity index (χ4v) is 4.25. The highest BCUT2D eigenvalue weighted by Crippen LogP contribution is 2.35. The number of nitrogens with zero attached hydrogens (tertiary/aromatic N) is 2. The number of ether oxygens (including phenoxy) is 1. The molecule has 5 nitrogen and oxygen atoms in total. The largest absolute Gasteiger partial charge is 0.390 e. The molecule has 0 unspecified atom stereocenters. The Morgan fingerprint density at radius 2 is 2.32 bits per heavy atom. The van der Waals surface area contributed by atoms with E-state index in [9.17, 15) is 9.90 Å². The molecule has 1 spiro atoms. The zero-order valence-corrected chi connectivity index (χ0v) is 13.9. The molecule has 1 aromatic rings. The predicted octanol–water partition coefficient (Wildman–Crippen LogP) is 1.92. The van der Waals surface area contributed by atoms with Crippen molar-refractivity contribution in [3.8, 4) is 0 Å². The summed E-state index contributed by atoms with van der Waals surface area (Å²) in [5, 5.41) is 10.2. The van der Waals surface area contributed by atoms with E-state index in [4.69, 9.17) is 4.74 Å². The van der Waals surface area contributed by atoms with Crippen LogP contribution in [0, 0.1) is 6.92 Å². The van der Waals surface area contributed by atoms with Crippen molar-refractivity contribution in [1.29, 1.82) is 0 Å². The molecule has 22 heavy (non-hydrogen) atoms. The van der Waals surface area contributed by atoms with E-state index in [1.165, 1.54) is 4.88 Å². The van der Waals surface area contributed by atoms with Gasteiger partial charge in [-0.15, -0.1) is 11.3 Å². The molecule has 1 N–H and O–H groups in total. The SMILES string of the molecule is Cc1ncsc1CCC(=O)N1CCC2(CC1)OCCC[C@H]2O. The average molecular weight is 324 g/mol. The molecule has 3 heterocycles. The number of aryl methyl sites for hydroxylation is 2. The number of aromatic nitrogens is 1. The highest BCUT2D eigenvalue weighted by Gasteiger charge is 2.44. The van der Waals surface area contributed by atoms with Crippen LogP contribution in [0.25, 0.3) is 0 Å². The van der Waals surface area contributed by atoms with Gasteiger partial charge in [0.2, 0.25) is 5.91 Å². The number of aliphatic hydroxyl groups excluding tert-OH is 1. The first-order chi connectivity index (χ1) is 10.6. The van der Waals surface area contributed by atoms with Crippen LogP contribution in [-0.4, -0.2) is 52.3 Å². The zero-order chi connectivity index (χ0) is 15.6. The third-order valence-electron chi connectivity index (χ3n) is 4.99. The molecule has 2 aliphatic heterocycles. The van der Waals surface area contributed by atoms with Gasteiger partial charge in [0.15, 0.2) is 0 Å². The highest BCUT2D eigenvalue weighted by molar-refractivity contribution is 7.09. The number of piperidine rings is 1. The van der Waals surface area contributed by atoms with Gasteiger partial charge in [0, 0.05) is 31.0 Å². The van der Waals surface area contributed by atoms with Gasteiger partial charge in [-0.2, -0.15) is 0 Å². The smallest absolute Gasteiger partial charge is 0.222 e. The molecule has 0 bridgehead atoms. The lowest BCUT2D eigenvalue weighted by atomic mass is 9.82. The van der Waals surface area contributed by atoms with Crippen LogP contribution in [0.15, 0.2) is 5.51 Å². The lowest BCUT2D eigenvalue weighted by Crippen LogP contribution is -2.56. The summed E-state index contributed by atoms with van der Waals surface area (Å²) in [7, 11) is 0. The Bertz CT molecular complexity index is 523. The molecule has 6 heteroatoms. The minimum atomic E-state index is -0.400. The maximum Gasteiger partial charge on any atom is 0.222 e. The maximum atomic E-state index is 12.4. The normalized spacial score (nSPS) is 24.6. The van der Waals surface area contributed by atoms with E-state index in [-0.39, 0.29) is 12.0 Å². The van der Waals surface area contributed by atoms with Gasteiger partial charge in [0.05, 0.1) is 22.9 Å². The Hall–Kier alpha value is -0.980. The minimum absolute atomic E-state index is 0.202. The van der Waals surface area contributed by atoms with Crippen LogP contribution in [0.4, 0.5) is 0 Å². The van der Waals surface area contributed by atoms with E-state index >= 15 is 0 Å². The first-order valence-corrected chi connectivity index (χ1v) is 8.97. The second-order valence-corrected chi connectivity index (χ2v) is 7.25. The molecule has 2 aliphatic rings. The zero-order valence-electron chi connectivity index (χ0n) is 13.1. The summed E-state index contributed by atoms with van der Waals surface area (Å²) < 4.78 is 5.89. The van der Waals surface area contributed by atoms with Crippen molar-refractivity contribution in [3.05, 3.63) is 16.1 Å². The van der Waals surface area contributed by atoms with Crippen LogP contribution in [-0.2, 0) is 16.0 Å². The van der Waals surface area contributed by atoms with Crippen molar-refractivity contribution in [2.45, 2.75) is 57.2 Å². The van der Waals surface area contributed by atoms with E-state index in [0.29, 0.717) is 19.5 Å². The number of carbonyl (C=O) groups is 1. The van der Waals surface area contributed by atoms with E-state index in [1.54, 1.807) is 11.3 Å². The van der Waals surface area contributed by atoms with E-state index in [1.807, 2.05) is 17.3 Å². The van der Waals surface area contributed by atoms with Crippen molar-refractivity contribution in [2.75, 3.05) is 19.7 Å². The number of hydrogen-bond acceptors (Lipinski definition) is 5. The Morgan fingerprint density at radius 3 is 2.95 bits per heavy atom. The summed E-state index contributed by atoms with van der Waals surface area (Å²) in [6.07, 6.45) is 4.19. The van der Waals surface area contributed by atoms with Crippen LogP contribution in [0.1, 0.15) is 42.7 Å². The topological polar surface area (TPSA) is 62.7 Å². The molecule has 1 atom stereocenters. The highest BCUT2D eigenvalue weighted by atomic mass is 32.1. The Labute approximate surface area is 135 Å². The Morgan fingerprint density at radius 1 is 1.55 bits per heavy atom. The van der Waals surface area contributed by atoms with Gasteiger partial charge < -0.3 is 14.7 Å². The standard InChI is InChI=1S/C16H24N2O3S/c1-12-13(22-11-17-12)4-5-15(20)18-8-6-16(7-9-18)14(19)3-2-10-21-16/h11,14,19H,2-10H2,1H3/t14-/m1/s1. The summed E-state index contributed by atoms with van der Waals surface area (Å²) in [5.41, 5.74) is 2.47. The van der Waals surface area contributed by atoms with Gasteiger partial charge in [0.25, 0.3) is 0 Å². The van der Waals surface area contributed by atoms with Gasteiger partial charge in [-0.25, -0.2) is 4.98 Å². The number of likely N-dealkylation sites (tertiary alicyclic amines) is 1. The molecule has 1 aromatic heterocycles. The van der Waals surface area contributed by atoms with E-state index < -0.39 is 5.60 Å². The second-order valence-electron chi connectivity index (χ2n) is 6.31. The molecule has 0 aliphatic carbocycles. The van der Waals surface area contributed by atoms with Crippen LogP contribution >= 0.6 is 11.3 Å². The monoisotopic (exact) mass is 324 g/mol. The number of carbonyl (C=O) groups excluding carboxylic acids is 1. The number of aliphatic hydroxyl groups is 1. The van der Waals surface area contributed by atoms with Crippen molar-refractivity contribution in [2.24, 2.45) is 0 Å². The molecule has 1 amide bonds. The van der Waals surface area contributed by atoms with Gasteiger partial charge >= 0.3 is 0 Å². The summed E-state index contributed by atoms with van der Waals surface area (Å²) >= 11 is 1.62. The molecular formula is C16H24N2O3S. The number of amides is 1. The Kier molecular flexibility index (Phi) is 4.80. The first-order valence-electron chi connectivity index (χ1n) is 8.09. The molecular weight excluding hydrogens is 300 g/mol. The lowest BCUT2D eigenvalue weighted by molar-refractivity contribution is -0.179. The average Bonchev–Trinajstić information content (AvgIpc) is 2.94. The molecule has 2 fully saturated rings. The lowest BCUT2D eigenvalue weighted by Gasteiger charge is -2.46. The quantitative estimate of drug-likeness (QED) is 0.923. The fraction of sp³-hybridized carbons (Fsp3) is 0.750. The van der Waals surface area contributed by atoms with E-state index in [0.717, 1.165) is 44.4 Å². The van der Waals surface area contributed by atoms with Crippen molar-refractivity contribution >= 4 is 17.2 Å². The fourth-order valence-electron chi connectivity index (χ4n) is 3.47. The van der Waals surface area contributed by atoms with Gasteiger partial charge in [-0.1, -0.05) is 0 Å².